The Balaban J connectivity index is 1.48. The van der Waals surface area contributed by atoms with E-state index < -0.39 is 29.4 Å². The van der Waals surface area contributed by atoms with Gasteiger partial charge in [-0.25, -0.2) is 0 Å². The summed E-state index contributed by atoms with van der Waals surface area (Å²) in [6.45, 7) is 0.537. The number of carbonyl (C=O) groups excluding carboxylic acids is 1. The third-order valence-electron chi connectivity index (χ3n) is 5.39. The van der Waals surface area contributed by atoms with Crippen LogP contribution in [0.15, 0.2) is 52.9 Å². The number of alkyl halides is 6. The number of amides is 1. The van der Waals surface area contributed by atoms with Gasteiger partial charge < -0.3 is 9.32 Å². The van der Waals surface area contributed by atoms with E-state index in [0.29, 0.717) is 24.9 Å². The summed E-state index contributed by atoms with van der Waals surface area (Å²) in [6, 6.07) is 8.51. The summed E-state index contributed by atoms with van der Waals surface area (Å²) in [5.41, 5.74) is -1.46. The standard InChI is InChI=1S/C22H17F6N3O2/c23-21(24,25)16-8-6-13(7-9-16)18-29-30-19(33-18)15-4-2-10-31(12-15)20(32)14-3-1-5-17(11-14)22(26,27)28/h1,3,5-9,11,15H,2,4,10,12H2. The second-order valence-corrected chi connectivity index (χ2v) is 7.69. The van der Waals surface area contributed by atoms with Gasteiger partial charge in [-0.3, -0.25) is 4.79 Å². The van der Waals surface area contributed by atoms with Crippen LogP contribution in [0.5, 0.6) is 0 Å². The molecule has 2 aromatic carbocycles. The van der Waals surface area contributed by atoms with Crippen LogP contribution in [0.4, 0.5) is 26.3 Å². The average Bonchev–Trinajstić information content (AvgIpc) is 3.28. The molecule has 1 aliphatic heterocycles. The minimum atomic E-state index is -4.56. The molecule has 4 rings (SSSR count). The van der Waals surface area contributed by atoms with E-state index in [-0.39, 0.29) is 29.8 Å². The molecular formula is C22H17F6N3O2. The van der Waals surface area contributed by atoms with Gasteiger partial charge in [-0.05, 0) is 55.3 Å². The first kappa shape index (κ1) is 22.8. The lowest BCUT2D eigenvalue weighted by molar-refractivity contribution is -0.138. The fourth-order valence-corrected chi connectivity index (χ4v) is 3.69. The van der Waals surface area contributed by atoms with Crippen molar-refractivity contribution >= 4 is 5.91 Å². The van der Waals surface area contributed by atoms with Crippen molar-refractivity contribution in [3.05, 3.63) is 71.1 Å². The summed E-state index contributed by atoms with van der Waals surface area (Å²) >= 11 is 0. The molecule has 3 aromatic rings. The summed E-state index contributed by atoms with van der Waals surface area (Å²) in [7, 11) is 0. The Morgan fingerprint density at radius 3 is 2.30 bits per heavy atom. The highest BCUT2D eigenvalue weighted by molar-refractivity contribution is 5.94. The Kier molecular flexibility index (Phi) is 5.89. The van der Waals surface area contributed by atoms with E-state index in [9.17, 15) is 31.1 Å². The van der Waals surface area contributed by atoms with E-state index in [0.717, 1.165) is 24.3 Å². The maximum absolute atomic E-state index is 13.0. The van der Waals surface area contributed by atoms with E-state index in [2.05, 4.69) is 10.2 Å². The Morgan fingerprint density at radius 1 is 0.939 bits per heavy atom. The van der Waals surface area contributed by atoms with Crippen LogP contribution in [0, 0.1) is 0 Å². The van der Waals surface area contributed by atoms with Crippen molar-refractivity contribution < 1.29 is 35.6 Å². The highest BCUT2D eigenvalue weighted by Gasteiger charge is 2.33. The summed E-state index contributed by atoms with van der Waals surface area (Å²) in [6.07, 6.45) is -7.83. The molecule has 1 amide bonds. The van der Waals surface area contributed by atoms with Gasteiger partial charge in [0.2, 0.25) is 11.8 Å². The molecule has 1 aromatic heterocycles. The fourth-order valence-electron chi connectivity index (χ4n) is 3.69. The molecule has 1 fully saturated rings. The van der Waals surface area contributed by atoms with Crippen molar-refractivity contribution in [3.8, 4) is 11.5 Å². The number of rotatable bonds is 3. The zero-order valence-corrected chi connectivity index (χ0v) is 17.0. The van der Waals surface area contributed by atoms with Crippen molar-refractivity contribution in [2.24, 2.45) is 0 Å². The van der Waals surface area contributed by atoms with Gasteiger partial charge in [0.05, 0.1) is 17.0 Å². The largest absolute Gasteiger partial charge is 0.420 e. The molecule has 1 saturated heterocycles. The molecule has 0 spiro atoms. The first-order valence-corrected chi connectivity index (χ1v) is 10.00. The molecule has 2 heterocycles. The van der Waals surface area contributed by atoms with Crippen LogP contribution in [-0.2, 0) is 12.4 Å². The molecule has 0 saturated carbocycles. The molecule has 1 aliphatic rings. The van der Waals surface area contributed by atoms with Crippen LogP contribution >= 0.6 is 0 Å². The molecule has 0 radical (unpaired) electrons. The summed E-state index contributed by atoms with van der Waals surface area (Å²) in [5, 5.41) is 7.87. The first-order chi connectivity index (χ1) is 15.5. The predicted molar refractivity (Wildman–Crippen MR) is 104 cm³/mol. The number of likely N-dealkylation sites (tertiary alicyclic amines) is 1. The predicted octanol–water partition coefficient (Wildman–Crippen LogP) is 5.79. The third kappa shape index (κ3) is 5.01. The summed E-state index contributed by atoms with van der Waals surface area (Å²) in [5.74, 6) is -0.621. The normalized spacial score (nSPS) is 17.3. The van der Waals surface area contributed by atoms with Gasteiger partial charge >= 0.3 is 12.4 Å². The monoisotopic (exact) mass is 469 g/mol. The zero-order valence-electron chi connectivity index (χ0n) is 17.0. The van der Waals surface area contributed by atoms with E-state index in [4.69, 9.17) is 4.42 Å². The molecule has 5 nitrogen and oxygen atoms in total. The molecule has 174 valence electrons. The van der Waals surface area contributed by atoms with Gasteiger partial charge in [-0.1, -0.05) is 6.07 Å². The molecular weight excluding hydrogens is 452 g/mol. The Morgan fingerprint density at radius 2 is 1.64 bits per heavy atom. The first-order valence-electron chi connectivity index (χ1n) is 10.00. The van der Waals surface area contributed by atoms with Gasteiger partial charge in [0, 0.05) is 24.2 Å². The lowest BCUT2D eigenvalue weighted by atomic mass is 9.97. The van der Waals surface area contributed by atoms with Crippen LogP contribution in [0.3, 0.4) is 0 Å². The average molecular weight is 469 g/mol. The number of hydrogen-bond acceptors (Lipinski definition) is 4. The minimum absolute atomic E-state index is 0.0417. The lowest BCUT2D eigenvalue weighted by Crippen LogP contribution is -2.39. The zero-order chi connectivity index (χ0) is 23.8. The second kappa shape index (κ2) is 8.53. The summed E-state index contributed by atoms with van der Waals surface area (Å²) < 4.78 is 82.8. The highest BCUT2D eigenvalue weighted by Crippen LogP contribution is 2.33. The van der Waals surface area contributed by atoms with Crippen molar-refractivity contribution in [1.29, 1.82) is 0 Å². The van der Waals surface area contributed by atoms with Crippen molar-refractivity contribution in [2.45, 2.75) is 31.1 Å². The lowest BCUT2D eigenvalue weighted by Gasteiger charge is -2.31. The molecule has 0 aliphatic carbocycles. The van der Waals surface area contributed by atoms with Crippen molar-refractivity contribution in [2.75, 3.05) is 13.1 Å². The number of aromatic nitrogens is 2. The van der Waals surface area contributed by atoms with Crippen LogP contribution in [0.25, 0.3) is 11.5 Å². The Hall–Kier alpha value is -3.37. The Bertz CT molecular complexity index is 1140. The maximum atomic E-state index is 13.0. The van der Waals surface area contributed by atoms with Gasteiger partial charge in [-0.2, -0.15) is 26.3 Å². The van der Waals surface area contributed by atoms with Gasteiger partial charge in [0.1, 0.15) is 0 Å². The number of benzene rings is 2. The quantitative estimate of drug-likeness (QED) is 0.456. The van der Waals surface area contributed by atoms with Gasteiger partial charge in [0.15, 0.2) is 0 Å². The molecule has 1 atom stereocenters. The van der Waals surface area contributed by atoms with Crippen molar-refractivity contribution in [3.63, 3.8) is 0 Å². The number of nitrogens with zero attached hydrogens (tertiary/aromatic N) is 3. The number of halogens is 6. The van der Waals surface area contributed by atoms with Crippen LogP contribution in [-0.4, -0.2) is 34.1 Å². The van der Waals surface area contributed by atoms with Crippen molar-refractivity contribution in [1.82, 2.24) is 15.1 Å². The highest BCUT2D eigenvalue weighted by atomic mass is 19.4. The minimum Gasteiger partial charge on any atom is -0.420 e. The maximum Gasteiger partial charge on any atom is 0.416 e. The number of piperidine rings is 1. The van der Waals surface area contributed by atoms with Crippen LogP contribution in [0.1, 0.15) is 46.1 Å². The summed E-state index contributed by atoms with van der Waals surface area (Å²) in [4.78, 5) is 14.2. The van der Waals surface area contributed by atoms with Gasteiger partial charge in [-0.15, -0.1) is 10.2 Å². The topological polar surface area (TPSA) is 59.2 Å². The molecule has 11 heteroatoms. The molecule has 0 bridgehead atoms. The molecule has 1 unspecified atom stereocenters. The van der Waals surface area contributed by atoms with E-state index >= 15 is 0 Å². The Labute approximate surface area is 184 Å². The van der Waals surface area contributed by atoms with Gasteiger partial charge in [0.25, 0.3) is 5.91 Å². The SMILES string of the molecule is O=C(c1cccc(C(F)(F)F)c1)N1CCCC(c2nnc(-c3ccc(C(F)(F)F)cc3)o2)C1. The van der Waals surface area contributed by atoms with Crippen LogP contribution in [0.2, 0.25) is 0 Å². The number of hydrogen-bond donors (Lipinski definition) is 0. The van der Waals surface area contributed by atoms with E-state index in [1.807, 2.05) is 0 Å². The van der Waals surface area contributed by atoms with E-state index in [1.54, 1.807) is 0 Å². The molecule has 33 heavy (non-hydrogen) atoms. The smallest absolute Gasteiger partial charge is 0.416 e. The van der Waals surface area contributed by atoms with E-state index in [1.165, 1.54) is 29.2 Å². The van der Waals surface area contributed by atoms with Crippen LogP contribution < -0.4 is 0 Å². The number of carbonyl (C=O) groups is 1. The second-order valence-electron chi connectivity index (χ2n) is 7.69. The third-order valence-corrected chi connectivity index (χ3v) is 5.39. The fraction of sp³-hybridized carbons (Fsp3) is 0.318. The molecule has 0 N–H and O–H groups in total.